The summed E-state index contributed by atoms with van der Waals surface area (Å²) in [5.74, 6) is 0.369. The molecule has 0 aliphatic heterocycles. The number of rotatable bonds is 0. The number of hydrogen-bond donors (Lipinski definition) is 1. The van der Waals surface area contributed by atoms with Gasteiger partial charge in [0.1, 0.15) is 5.75 Å². The van der Waals surface area contributed by atoms with Gasteiger partial charge in [-0.05, 0) is 36.8 Å². The molecule has 82 valence electrons. The summed E-state index contributed by atoms with van der Waals surface area (Å²) in [6, 6.07) is 7.09. The lowest BCUT2D eigenvalue weighted by Crippen LogP contribution is -1.89. The third-order valence-electron chi connectivity index (χ3n) is 1.96. The normalized spacial score (nSPS) is 13.3. The molecule has 0 amide bonds. The number of allylic oxidation sites excluding steroid dienone is 5. The molecule has 0 saturated carbocycles. The Morgan fingerprint density at radius 2 is 1.50 bits per heavy atom. The van der Waals surface area contributed by atoms with Crippen LogP contribution in [0.3, 0.4) is 0 Å². The van der Waals surface area contributed by atoms with Crippen molar-refractivity contribution in [2.45, 2.75) is 6.92 Å². The minimum Gasteiger partial charge on any atom is -0.508 e. The molecule has 0 radical (unpaired) electrons. The largest absolute Gasteiger partial charge is 0.508 e. The highest BCUT2D eigenvalue weighted by atomic mass is 16.3. The maximum Gasteiger partial charge on any atom is 0.178 e. The van der Waals surface area contributed by atoms with Crippen molar-refractivity contribution in [2.75, 3.05) is 0 Å². The number of carbonyl (C=O) groups excluding carboxylic acids is 1. The standard InChI is InChI=1S/C7H8O.C7H6O/c2*1-6-2-4-7(8)5-3-6/h2-5,8H,1H3;2-5H,1H2. The summed E-state index contributed by atoms with van der Waals surface area (Å²) in [6.07, 6.45) is 6.40. The Morgan fingerprint density at radius 1 is 1.00 bits per heavy atom. The molecule has 0 saturated heterocycles. The fourth-order valence-corrected chi connectivity index (χ4v) is 1.03. The SMILES string of the molecule is C=C1C=CC(=O)C=C1.Cc1ccc(O)cc1. The van der Waals surface area contributed by atoms with E-state index in [4.69, 9.17) is 5.11 Å². The van der Waals surface area contributed by atoms with Crippen LogP contribution in [-0.2, 0) is 4.79 Å². The predicted octanol–water partition coefficient (Wildman–Crippen LogP) is 2.94. The predicted molar refractivity (Wildman–Crippen MR) is 65.3 cm³/mol. The molecule has 0 atom stereocenters. The Bertz CT molecular complexity index is 377. The zero-order valence-corrected chi connectivity index (χ0v) is 9.18. The van der Waals surface area contributed by atoms with E-state index in [9.17, 15) is 4.79 Å². The number of benzene rings is 1. The molecule has 0 spiro atoms. The van der Waals surface area contributed by atoms with E-state index >= 15 is 0 Å². The van der Waals surface area contributed by atoms with Crippen LogP contribution in [0.2, 0.25) is 0 Å². The van der Waals surface area contributed by atoms with Gasteiger partial charge < -0.3 is 5.11 Å². The molecule has 0 fully saturated rings. The van der Waals surface area contributed by atoms with E-state index in [1.54, 1.807) is 24.3 Å². The van der Waals surface area contributed by atoms with Crippen LogP contribution < -0.4 is 0 Å². The Morgan fingerprint density at radius 3 is 1.88 bits per heavy atom. The first-order chi connectivity index (χ1) is 7.58. The van der Waals surface area contributed by atoms with Crippen LogP contribution in [0, 0.1) is 6.92 Å². The summed E-state index contributed by atoms with van der Waals surface area (Å²) < 4.78 is 0. The topological polar surface area (TPSA) is 37.3 Å². The molecule has 1 aromatic carbocycles. The highest BCUT2D eigenvalue weighted by Crippen LogP contribution is 2.07. The Balaban J connectivity index is 0.000000160. The smallest absolute Gasteiger partial charge is 0.178 e. The molecule has 1 aliphatic carbocycles. The molecular formula is C14H14O2. The van der Waals surface area contributed by atoms with Crippen LogP contribution >= 0.6 is 0 Å². The maximum atomic E-state index is 10.4. The number of carbonyl (C=O) groups is 1. The van der Waals surface area contributed by atoms with Gasteiger partial charge in [0.05, 0.1) is 0 Å². The number of hydrogen-bond acceptors (Lipinski definition) is 2. The van der Waals surface area contributed by atoms with Gasteiger partial charge in [-0.3, -0.25) is 4.79 Å². The molecule has 2 nitrogen and oxygen atoms in total. The maximum absolute atomic E-state index is 10.4. The lowest BCUT2D eigenvalue weighted by molar-refractivity contribution is -0.110. The number of phenols is 1. The van der Waals surface area contributed by atoms with Crippen LogP contribution in [-0.4, -0.2) is 10.9 Å². The van der Waals surface area contributed by atoms with Crippen molar-refractivity contribution >= 4 is 5.78 Å². The summed E-state index contributed by atoms with van der Waals surface area (Å²) in [5.41, 5.74) is 2.05. The molecule has 1 aromatic rings. The van der Waals surface area contributed by atoms with Gasteiger partial charge in [0.15, 0.2) is 5.78 Å². The Labute approximate surface area is 95.2 Å². The lowest BCUT2D eigenvalue weighted by atomic mass is 10.1. The van der Waals surface area contributed by atoms with E-state index in [0.717, 1.165) is 5.57 Å². The van der Waals surface area contributed by atoms with Crippen LogP contribution in [0.25, 0.3) is 0 Å². The Hall–Kier alpha value is -2.09. The van der Waals surface area contributed by atoms with Crippen molar-refractivity contribution in [2.24, 2.45) is 0 Å². The zero-order valence-electron chi connectivity index (χ0n) is 9.18. The molecule has 0 unspecified atom stereocenters. The molecular weight excluding hydrogens is 200 g/mol. The van der Waals surface area contributed by atoms with E-state index in [-0.39, 0.29) is 5.78 Å². The third kappa shape index (κ3) is 4.42. The first kappa shape index (κ1) is 12.0. The number of aryl methyl sites for hydroxylation is 1. The number of ketones is 1. The van der Waals surface area contributed by atoms with E-state index in [1.807, 2.05) is 19.1 Å². The van der Waals surface area contributed by atoms with Gasteiger partial charge in [-0.1, -0.05) is 36.4 Å². The molecule has 0 bridgehead atoms. The van der Waals surface area contributed by atoms with Gasteiger partial charge in [-0.2, -0.15) is 0 Å². The average molecular weight is 214 g/mol. The fourth-order valence-electron chi connectivity index (χ4n) is 1.03. The van der Waals surface area contributed by atoms with Crippen LogP contribution in [0.5, 0.6) is 5.75 Å². The second-order valence-electron chi connectivity index (χ2n) is 3.48. The fraction of sp³-hybridized carbons (Fsp3) is 0.0714. The van der Waals surface area contributed by atoms with Gasteiger partial charge in [-0.25, -0.2) is 0 Å². The van der Waals surface area contributed by atoms with Crippen LogP contribution in [0.1, 0.15) is 5.56 Å². The molecule has 2 rings (SSSR count). The van der Waals surface area contributed by atoms with Gasteiger partial charge >= 0.3 is 0 Å². The summed E-state index contributed by atoms with van der Waals surface area (Å²) in [5, 5.41) is 8.76. The van der Waals surface area contributed by atoms with Crippen molar-refractivity contribution in [3.05, 3.63) is 66.3 Å². The second-order valence-corrected chi connectivity index (χ2v) is 3.48. The Kier molecular flexibility index (Phi) is 4.28. The second kappa shape index (κ2) is 5.71. The molecule has 0 aromatic heterocycles. The van der Waals surface area contributed by atoms with Crippen molar-refractivity contribution < 1.29 is 9.90 Å². The lowest BCUT2D eigenvalue weighted by Gasteiger charge is -1.92. The first-order valence-electron chi connectivity index (χ1n) is 4.92. The summed E-state index contributed by atoms with van der Waals surface area (Å²) in [7, 11) is 0. The minimum absolute atomic E-state index is 0.0393. The zero-order chi connectivity index (χ0) is 12.0. The molecule has 1 aliphatic rings. The van der Waals surface area contributed by atoms with Crippen molar-refractivity contribution in [1.82, 2.24) is 0 Å². The highest BCUT2D eigenvalue weighted by Gasteiger charge is 1.93. The van der Waals surface area contributed by atoms with Crippen LogP contribution in [0.15, 0.2) is 60.7 Å². The summed E-state index contributed by atoms with van der Waals surface area (Å²) in [6.45, 7) is 5.61. The number of phenolic OH excluding ortho intramolecular Hbond substituents is 1. The van der Waals surface area contributed by atoms with Gasteiger partial charge in [0.25, 0.3) is 0 Å². The van der Waals surface area contributed by atoms with Crippen molar-refractivity contribution in [3.63, 3.8) is 0 Å². The van der Waals surface area contributed by atoms with E-state index in [2.05, 4.69) is 6.58 Å². The number of aromatic hydroxyl groups is 1. The molecule has 16 heavy (non-hydrogen) atoms. The third-order valence-corrected chi connectivity index (χ3v) is 1.96. The molecule has 1 N–H and O–H groups in total. The highest BCUT2D eigenvalue weighted by molar-refractivity contribution is 6.01. The average Bonchev–Trinajstić information content (AvgIpc) is 2.28. The van der Waals surface area contributed by atoms with E-state index < -0.39 is 0 Å². The van der Waals surface area contributed by atoms with E-state index in [0.29, 0.717) is 5.75 Å². The van der Waals surface area contributed by atoms with Crippen LogP contribution in [0.4, 0.5) is 0 Å². The monoisotopic (exact) mass is 214 g/mol. The molecule has 2 heteroatoms. The quantitative estimate of drug-likeness (QED) is 0.721. The van der Waals surface area contributed by atoms with Gasteiger partial charge in [0, 0.05) is 0 Å². The van der Waals surface area contributed by atoms with Gasteiger partial charge in [-0.15, -0.1) is 0 Å². The summed E-state index contributed by atoms with van der Waals surface area (Å²) in [4.78, 5) is 10.4. The minimum atomic E-state index is 0.0393. The van der Waals surface area contributed by atoms with E-state index in [1.165, 1.54) is 17.7 Å². The first-order valence-corrected chi connectivity index (χ1v) is 4.92. The van der Waals surface area contributed by atoms with Crippen molar-refractivity contribution in [3.8, 4) is 5.75 Å². The van der Waals surface area contributed by atoms with Gasteiger partial charge in [0.2, 0.25) is 0 Å². The summed E-state index contributed by atoms with van der Waals surface area (Å²) >= 11 is 0. The molecule has 0 heterocycles. The van der Waals surface area contributed by atoms with Crippen molar-refractivity contribution in [1.29, 1.82) is 0 Å².